The molecule has 0 aromatic carbocycles. The molecule has 1 heterocycles. The Labute approximate surface area is 97.6 Å². The van der Waals surface area contributed by atoms with Gasteiger partial charge < -0.3 is 14.5 Å². The van der Waals surface area contributed by atoms with Crippen molar-refractivity contribution in [3.05, 3.63) is 22.1 Å². The summed E-state index contributed by atoms with van der Waals surface area (Å²) in [6.07, 6.45) is 4.48. The second-order valence-corrected chi connectivity index (χ2v) is 3.74. The molecule has 1 aromatic heterocycles. The predicted octanol–water partition coefficient (Wildman–Crippen LogP) is 0.787. The number of aromatic nitrogens is 2. The van der Waals surface area contributed by atoms with E-state index in [1.165, 1.54) is 32.0 Å². The van der Waals surface area contributed by atoms with Gasteiger partial charge in [-0.1, -0.05) is 17.7 Å². The van der Waals surface area contributed by atoms with Gasteiger partial charge in [0.05, 0.1) is 5.75 Å². The Hall–Kier alpha value is -1.29. The number of ether oxygens (including phenoxy) is 2. The zero-order valence-electron chi connectivity index (χ0n) is 9.02. The average Bonchev–Trinajstić information content (AvgIpc) is 2.27. The van der Waals surface area contributed by atoms with E-state index in [1.807, 2.05) is 0 Å². The average molecular weight is 240 g/mol. The maximum Gasteiger partial charge on any atom is 0.251 e. The first-order chi connectivity index (χ1) is 7.71. The Balaban J connectivity index is 2.98. The van der Waals surface area contributed by atoms with E-state index in [0.29, 0.717) is 16.6 Å². The number of nitrogens with zero attached hydrogens (tertiary/aromatic N) is 1. The second-order valence-electron chi connectivity index (χ2n) is 2.77. The maximum atomic E-state index is 11.3. The summed E-state index contributed by atoms with van der Waals surface area (Å²) in [5, 5.41) is 0.458. The third-order valence-corrected chi connectivity index (χ3v) is 2.48. The molecule has 0 radical (unpaired) electrons. The van der Waals surface area contributed by atoms with E-state index in [4.69, 9.17) is 15.9 Å². The fourth-order valence-electron chi connectivity index (χ4n) is 1.09. The topological polar surface area (TPSA) is 64.2 Å². The van der Waals surface area contributed by atoms with Crippen molar-refractivity contribution in [2.24, 2.45) is 0 Å². The van der Waals surface area contributed by atoms with Gasteiger partial charge in [0.1, 0.15) is 5.69 Å². The summed E-state index contributed by atoms with van der Waals surface area (Å²) in [6, 6.07) is 1.33. The highest BCUT2D eigenvalue weighted by Crippen LogP contribution is 2.16. The summed E-state index contributed by atoms with van der Waals surface area (Å²) < 4.78 is 10.0. The summed E-state index contributed by atoms with van der Waals surface area (Å²) in [5.74, 6) is 2.89. The number of thioether (sulfide) groups is 1. The van der Waals surface area contributed by atoms with E-state index in [-0.39, 0.29) is 5.56 Å². The van der Waals surface area contributed by atoms with E-state index in [0.717, 1.165) is 0 Å². The molecule has 0 unspecified atom stereocenters. The number of terminal acetylenes is 1. The molecule has 1 N–H and O–H groups in total. The highest BCUT2D eigenvalue weighted by Gasteiger charge is 2.12. The second kappa shape index (κ2) is 6.33. The summed E-state index contributed by atoms with van der Waals surface area (Å²) in [6.45, 7) is 0. The number of rotatable bonds is 5. The van der Waals surface area contributed by atoms with E-state index >= 15 is 0 Å². The largest absolute Gasteiger partial charge is 0.350 e. The van der Waals surface area contributed by atoms with E-state index in [9.17, 15) is 4.79 Å². The van der Waals surface area contributed by atoms with Crippen LogP contribution in [0.2, 0.25) is 0 Å². The van der Waals surface area contributed by atoms with Gasteiger partial charge in [-0.2, -0.15) is 0 Å². The molecule has 6 heteroatoms. The first kappa shape index (κ1) is 12.8. The fourth-order valence-corrected chi connectivity index (χ4v) is 1.65. The van der Waals surface area contributed by atoms with Gasteiger partial charge in [-0.15, -0.1) is 6.42 Å². The highest BCUT2D eigenvalue weighted by molar-refractivity contribution is 7.99. The van der Waals surface area contributed by atoms with Gasteiger partial charge in [0.2, 0.25) is 6.29 Å². The zero-order valence-corrected chi connectivity index (χ0v) is 9.84. The fraction of sp³-hybridized carbons (Fsp3) is 0.400. The first-order valence-electron chi connectivity index (χ1n) is 4.44. The Morgan fingerprint density at radius 3 is 2.88 bits per heavy atom. The molecule has 1 aromatic rings. The third kappa shape index (κ3) is 3.38. The minimum absolute atomic E-state index is 0.261. The SMILES string of the molecule is C#CCSc1nc(C(OC)OC)cc(=O)[nH]1. The lowest BCUT2D eigenvalue weighted by Crippen LogP contribution is -2.14. The van der Waals surface area contributed by atoms with Crippen molar-refractivity contribution in [1.29, 1.82) is 0 Å². The summed E-state index contributed by atoms with van der Waals surface area (Å²) in [7, 11) is 2.95. The molecular weight excluding hydrogens is 228 g/mol. The maximum absolute atomic E-state index is 11.3. The zero-order chi connectivity index (χ0) is 12.0. The molecule has 0 atom stereocenters. The van der Waals surface area contributed by atoms with Crippen LogP contribution in [0.15, 0.2) is 16.0 Å². The van der Waals surface area contributed by atoms with Crippen LogP contribution in [0.4, 0.5) is 0 Å². The van der Waals surface area contributed by atoms with Crippen LogP contribution < -0.4 is 5.56 Å². The first-order valence-corrected chi connectivity index (χ1v) is 5.43. The quantitative estimate of drug-likeness (QED) is 0.357. The van der Waals surface area contributed by atoms with E-state index in [1.54, 1.807) is 0 Å². The van der Waals surface area contributed by atoms with Gasteiger partial charge in [-0.25, -0.2) is 4.98 Å². The molecule has 16 heavy (non-hydrogen) atoms. The van der Waals surface area contributed by atoms with Gasteiger partial charge in [0.25, 0.3) is 5.56 Å². The molecule has 0 saturated heterocycles. The van der Waals surface area contributed by atoms with Gasteiger partial charge in [-0.05, 0) is 0 Å². The van der Waals surface area contributed by atoms with Gasteiger partial charge in [0, 0.05) is 20.3 Å². The van der Waals surface area contributed by atoms with Crippen LogP contribution in [0.5, 0.6) is 0 Å². The Morgan fingerprint density at radius 1 is 1.62 bits per heavy atom. The lowest BCUT2D eigenvalue weighted by atomic mass is 10.4. The standard InChI is InChI=1S/C10H12N2O3S/c1-4-5-16-10-11-7(6-8(13)12-10)9(14-2)15-3/h1,6,9H,5H2,2-3H3,(H,11,12,13). The number of nitrogens with one attached hydrogen (secondary N) is 1. The lowest BCUT2D eigenvalue weighted by molar-refractivity contribution is -0.109. The van der Waals surface area contributed by atoms with Crippen LogP contribution >= 0.6 is 11.8 Å². The number of methoxy groups -OCH3 is 2. The van der Waals surface area contributed by atoms with E-state index < -0.39 is 6.29 Å². The number of aromatic amines is 1. The molecule has 0 spiro atoms. The molecule has 0 aliphatic heterocycles. The smallest absolute Gasteiger partial charge is 0.251 e. The van der Waals surface area contributed by atoms with Crippen molar-refractivity contribution < 1.29 is 9.47 Å². The predicted molar refractivity (Wildman–Crippen MR) is 61.2 cm³/mol. The molecule has 0 aliphatic carbocycles. The van der Waals surface area contributed by atoms with Gasteiger partial charge in [-0.3, -0.25) is 4.79 Å². The molecule has 5 nitrogen and oxygen atoms in total. The Morgan fingerprint density at radius 2 is 2.31 bits per heavy atom. The monoisotopic (exact) mass is 240 g/mol. The lowest BCUT2D eigenvalue weighted by Gasteiger charge is -2.12. The van der Waals surface area contributed by atoms with Crippen molar-refractivity contribution >= 4 is 11.8 Å². The minimum Gasteiger partial charge on any atom is -0.350 e. The summed E-state index contributed by atoms with van der Waals surface area (Å²) in [4.78, 5) is 18.1. The Bertz CT molecular complexity index is 434. The Kier molecular flexibility index (Phi) is 5.05. The molecular formula is C10H12N2O3S. The number of hydrogen-bond acceptors (Lipinski definition) is 5. The molecule has 0 fully saturated rings. The minimum atomic E-state index is -0.646. The molecule has 1 rings (SSSR count). The van der Waals surface area contributed by atoms with Crippen molar-refractivity contribution in [2.45, 2.75) is 11.4 Å². The molecule has 0 saturated carbocycles. The summed E-state index contributed by atoms with van der Waals surface area (Å²) in [5.41, 5.74) is 0.164. The van der Waals surface area contributed by atoms with Crippen LogP contribution in [-0.4, -0.2) is 29.9 Å². The van der Waals surface area contributed by atoms with Gasteiger partial charge in [0.15, 0.2) is 5.16 Å². The summed E-state index contributed by atoms with van der Waals surface area (Å²) >= 11 is 1.27. The van der Waals surface area contributed by atoms with Crippen molar-refractivity contribution in [1.82, 2.24) is 9.97 Å². The van der Waals surface area contributed by atoms with Crippen LogP contribution in [0.1, 0.15) is 12.0 Å². The van der Waals surface area contributed by atoms with Crippen molar-refractivity contribution in [3.63, 3.8) is 0 Å². The highest BCUT2D eigenvalue weighted by atomic mass is 32.2. The van der Waals surface area contributed by atoms with Crippen molar-refractivity contribution in [3.8, 4) is 12.3 Å². The van der Waals surface area contributed by atoms with Crippen LogP contribution in [0, 0.1) is 12.3 Å². The number of hydrogen-bond donors (Lipinski definition) is 1. The third-order valence-electron chi connectivity index (χ3n) is 1.70. The normalized spacial score (nSPS) is 10.4. The molecule has 0 amide bonds. The number of H-pyrrole nitrogens is 1. The van der Waals surface area contributed by atoms with E-state index in [2.05, 4.69) is 15.9 Å². The van der Waals surface area contributed by atoms with Crippen molar-refractivity contribution in [2.75, 3.05) is 20.0 Å². The molecule has 86 valence electrons. The van der Waals surface area contributed by atoms with Crippen LogP contribution in [0.25, 0.3) is 0 Å². The van der Waals surface area contributed by atoms with Gasteiger partial charge >= 0.3 is 0 Å². The molecule has 0 aliphatic rings. The van der Waals surface area contributed by atoms with Crippen LogP contribution in [-0.2, 0) is 9.47 Å². The van der Waals surface area contributed by atoms with Crippen LogP contribution in [0.3, 0.4) is 0 Å². The molecule has 0 bridgehead atoms.